The van der Waals surface area contributed by atoms with Gasteiger partial charge in [0.1, 0.15) is 5.84 Å². The number of aliphatic imine (C=N–C) groups is 1. The van der Waals surface area contributed by atoms with Gasteiger partial charge >= 0.3 is 0 Å². The summed E-state index contributed by atoms with van der Waals surface area (Å²) in [5.74, 6) is 1.04. The van der Waals surface area contributed by atoms with Crippen molar-refractivity contribution in [3.05, 3.63) is 34.3 Å². The number of nitrogens with one attached hydrogen (secondary N) is 2. The number of amidine groups is 1. The molecule has 0 aromatic heterocycles. The summed E-state index contributed by atoms with van der Waals surface area (Å²) in [5, 5.41) is 6.79. The minimum absolute atomic E-state index is 0.420. The first-order chi connectivity index (χ1) is 7.33. The molecule has 1 fully saturated rings. The minimum Gasteiger partial charge on any atom is -0.364 e. The van der Waals surface area contributed by atoms with E-state index in [0.29, 0.717) is 12.1 Å². The highest BCUT2D eigenvalue weighted by atomic mass is 79.9. The Kier molecular flexibility index (Phi) is 2.25. The van der Waals surface area contributed by atoms with E-state index in [-0.39, 0.29) is 0 Å². The average molecular weight is 266 g/mol. The molecule has 0 saturated carbocycles. The first-order valence-electron chi connectivity index (χ1n) is 5.14. The van der Waals surface area contributed by atoms with E-state index in [0.717, 1.165) is 23.4 Å². The van der Waals surface area contributed by atoms with Crippen molar-refractivity contribution in [3.8, 4) is 0 Å². The maximum atomic E-state index is 4.68. The van der Waals surface area contributed by atoms with E-state index in [9.17, 15) is 0 Å². The van der Waals surface area contributed by atoms with Crippen LogP contribution < -0.4 is 10.6 Å². The lowest BCUT2D eigenvalue weighted by atomic mass is 10.2. The SMILES string of the molecule is Brc1ccc(C2=NC3CNCC3N2)cc1. The van der Waals surface area contributed by atoms with Gasteiger partial charge in [-0.1, -0.05) is 28.1 Å². The largest absolute Gasteiger partial charge is 0.364 e. The molecule has 3 nitrogen and oxygen atoms in total. The number of halogens is 1. The van der Waals surface area contributed by atoms with Crippen molar-refractivity contribution in [2.45, 2.75) is 12.1 Å². The Hall–Kier alpha value is -0.870. The van der Waals surface area contributed by atoms with Gasteiger partial charge in [0.2, 0.25) is 0 Å². The van der Waals surface area contributed by atoms with Gasteiger partial charge in [-0.25, -0.2) is 0 Å². The van der Waals surface area contributed by atoms with Crippen LogP contribution in [0.1, 0.15) is 5.56 Å². The van der Waals surface area contributed by atoms with Gasteiger partial charge in [0.15, 0.2) is 0 Å². The maximum absolute atomic E-state index is 4.68. The first-order valence-corrected chi connectivity index (χ1v) is 5.93. The summed E-state index contributed by atoms with van der Waals surface area (Å²) in [6.45, 7) is 2.02. The van der Waals surface area contributed by atoms with Crippen LogP contribution in [0.3, 0.4) is 0 Å². The molecule has 78 valence electrons. The van der Waals surface area contributed by atoms with Gasteiger partial charge in [0.05, 0.1) is 12.1 Å². The lowest BCUT2D eigenvalue weighted by Gasteiger charge is -2.08. The van der Waals surface area contributed by atoms with Gasteiger partial charge in [-0.15, -0.1) is 0 Å². The number of hydrogen-bond donors (Lipinski definition) is 2. The van der Waals surface area contributed by atoms with E-state index in [1.54, 1.807) is 0 Å². The summed E-state index contributed by atoms with van der Waals surface area (Å²) in [6.07, 6.45) is 0. The quantitative estimate of drug-likeness (QED) is 0.799. The van der Waals surface area contributed by atoms with Crippen molar-refractivity contribution in [2.24, 2.45) is 4.99 Å². The van der Waals surface area contributed by atoms with Crippen LogP contribution in [-0.4, -0.2) is 31.0 Å². The highest BCUT2D eigenvalue weighted by Crippen LogP contribution is 2.17. The normalized spacial score (nSPS) is 28.5. The Morgan fingerprint density at radius 2 is 2.00 bits per heavy atom. The van der Waals surface area contributed by atoms with E-state index in [4.69, 9.17) is 0 Å². The highest BCUT2D eigenvalue weighted by Gasteiger charge is 2.32. The van der Waals surface area contributed by atoms with Gasteiger partial charge in [-0.05, 0) is 12.1 Å². The molecular formula is C11H12BrN3. The second-order valence-corrected chi connectivity index (χ2v) is 4.88. The molecule has 0 spiro atoms. The Balaban J connectivity index is 1.87. The Labute approximate surface area is 97.1 Å². The van der Waals surface area contributed by atoms with E-state index in [2.05, 4.69) is 43.7 Å². The molecule has 15 heavy (non-hydrogen) atoms. The van der Waals surface area contributed by atoms with Crippen LogP contribution in [0, 0.1) is 0 Å². The molecule has 1 saturated heterocycles. The molecule has 1 aromatic rings. The van der Waals surface area contributed by atoms with Crippen LogP contribution in [0.4, 0.5) is 0 Å². The fraction of sp³-hybridized carbons (Fsp3) is 0.364. The van der Waals surface area contributed by atoms with Crippen molar-refractivity contribution in [1.82, 2.24) is 10.6 Å². The number of rotatable bonds is 1. The summed E-state index contributed by atoms with van der Waals surface area (Å²) in [5.41, 5.74) is 1.17. The maximum Gasteiger partial charge on any atom is 0.128 e. The van der Waals surface area contributed by atoms with Gasteiger partial charge in [-0.2, -0.15) is 0 Å². The fourth-order valence-electron chi connectivity index (χ4n) is 2.09. The predicted molar refractivity (Wildman–Crippen MR) is 64.3 cm³/mol. The second kappa shape index (κ2) is 3.61. The van der Waals surface area contributed by atoms with Crippen molar-refractivity contribution in [2.75, 3.05) is 13.1 Å². The number of nitrogens with zero attached hydrogens (tertiary/aromatic N) is 1. The molecule has 2 atom stereocenters. The van der Waals surface area contributed by atoms with Crippen LogP contribution >= 0.6 is 15.9 Å². The van der Waals surface area contributed by atoms with E-state index < -0.39 is 0 Å². The second-order valence-electron chi connectivity index (χ2n) is 3.96. The predicted octanol–water partition coefficient (Wildman–Crippen LogP) is 1.14. The zero-order valence-electron chi connectivity index (χ0n) is 8.20. The summed E-state index contributed by atoms with van der Waals surface area (Å²) in [4.78, 5) is 4.68. The van der Waals surface area contributed by atoms with Crippen molar-refractivity contribution in [1.29, 1.82) is 0 Å². The molecular weight excluding hydrogens is 254 g/mol. The molecule has 2 N–H and O–H groups in total. The van der Waals surface area contributed by atoms with E-state index in [1.807, 2.05) is 12.1 Å². The van der Waals surface area contributed by atoms with Crippen LogP contribution in [-0.2, 0) is 0 Å². The van der Waals surface area contributed by atoms with Crippen LogP contribution in [0.25, 0.3) is 0 Å². The first kappa shape index (κ1) is 9.36. The van der Waals surface area contributed by atoms with Crippen molar-refractivity contribution < 1.29 is 0 Å². The molecule has 1 aromatic carbocycles. The number of fused-ring (bicyclic) bond motifs is 1. The molecule has 0 amide bonds. The fourth-order valence-corrected chi connectivity index (χ4v) is 2.36. The Morgan fingerprint density at radius 1 is 1.20 bits per heavy atom. The zero-order chi connectivity index (χ0) is 10.3. The zero-order valence-corrected chi connectivity index (χ0v) is 9.79. The third kappa shape index (κ3) is 1.68. The molecule has 2 unspecified atom stereocenters. The summed E-state index contributed by atoms with van der Waals surface area (Å²) in [7, 11) is 0. The molecule has 3 rings (SSSR count). The molecule has 4 heteroatoms. The lowest BCUT2D eigenvalue weighted by Crippen LogP contribution is -2.35. The summed E-state index contributed by atoms with van der Waals surface area (Å²) < 4.78 is 1.10. The van der Waals surface area contributed by atoms with E-state index >= 15 is 0 Å². The van der Waals surface area contributed by atoms with Gasteiger partial charge < -0.3 is 10.6 Å². The molecule has 2 aliphatic rings. The topological polar surface area (TPSA) is 36.4 Å². The van der Waals surface area contributed by atoms with Crippen LogP contribution in [0.15, 0.2) is 33.7 Å². The third-order valence-electron chi connectivity index (χ3n) is 2.92. The summed E-state index contributed by atoms with van der Waals surface area (Å²) in [6, 6.07) is 9.18. The molecule has 0 aliphatic carbocycles. The molecule has 2 aliphatic heterocycles. The third-order valence-corrected chi connectivity index (χ3v) is 3.45. The van der Waals surface area contributed by atoms with Crippen LogP contribution in [0.5, 0.6) is 0 Å². The molecule has 2 heterocycles. The summed E-state index contributed by atoms with van der Waals surface area (Å²) >= 11 is 3.43. The Morgan fingerprint density at radius 3 is 2.73 bits per heavy atom. The monoisotopic (exact) mass is 265 g/mol. The van der Waals surface area contributed by atoms with E-state index in [1.165, 1.54) is 5.56 Å². The standard InChI is InChI=1S/C11H12BrN3/c12-8-3-1-7(2-4-8)11-14-9-5-13-6-10(9)15-11/h1-4,9-10,13H,5-6H2,(H,14,15). The number of benzene rings is 1. The van der Waals surface area contributed by atoms with Crippen molar-refractivity contribution in [3.63, 3.8) is 0 Å². The molecule has 0 bridgehead atoms. The van der Waals surface area contributed by atoms with Gasteiger partial charge in [-0.3, -0.25) is 4.99 Å². The van der Waals surface area contributed by atoms with Gasteiger partial charge in [0.25, 0.3) is 0 Å². The van der Waals surface area contributed by atoms with Gasteiger partial charge in [0, 0.05) is 23.1 Å². The smallest absolute Gasteiger partial charge is 0.128 e. The minimum atomic E-state index is 0.420. The van der Waals surface area contributed by atoms with Crippen LogP contribution in [0.2, 0.25) is 0 Å². The molecule has 0 radical (unpaired) electrons. The Bertz CT molecular complexity index is 399. The van der Waals surface area contributed by atoms with Crippen molar-refractivity contribution >= 4 is 21.8 Å². The highest BCUT2D eigenvalue weighted by molar-refractivity contribution is 9.10. The number of hydrogen-bond acceptors (Lipinski definition) is 3. The lowest BCUT2D eigenvalue weighted by molar-refractivity contribution is 0.637. The average Bonchev–Trinajstić information content (AvgIpc) is 2.78.